The molecule has 2 aliphatic rings. The van der Waals surface area contributed by atoms with Crippen molar-refractivity contribution in [3.63, 3.8) is 0 Å². The molecule has 27 heavy (non-hydrogen) atoms. The van der Waals surface area contributed by atoms with E-state index < -0.39 is 0 Å². The summed E-state index contributed by atoms with van der Waals surface area (Å²) in [6.45, 7) is 2.39. The standard InChI is InChI=1S/C21H20N2O3S/c1-14-4-3-5-16(12-14)23-20(24)19-18(10-11-27-19)22(21(23)25)13-15-6-8-17(26-2)9-7-15/h3-12,18-19H,13H2,1-2H3. The van der Waals surface area contributed by atoms with Gasteiger partial charge in [0.2, 0.25) is 0 Å². The summed E-state index contributed by atoms with van der Waals surface area (Å²) in [4.78, 5) is 29.4. The number of nitrogens with zero attached hydrogens (tertiary/aromatic N) is 2. The average molecular weight is 380 g/mol. The van der Waals surface area contributed by atoms with Crippen LogP contribution in [0.25, 0.3) is 0 Å². The van der Waals surface area contributed by atoms with E-state index in [4.69, 9.17) is 4.74 Å². The van der Waals surface area contributed by atoms with Crippen molar-refractivity contribution in [1.29, 1.82) is 0 Å². The van der Waals surface area contributed by atoms with E-state index in [2.05, 4.69) is 0 Å². The largest absolute Gasteiger partial charge is 0.497 e. The lowest BCUT2D eigenvalue weighted by atomic mass is 10.1. The van der Waals surface area contributed by atoms with E-state index in [0.717, 1.165) is 16.9 Å². The summed E-state index contributed by atoms with van der Waals surface area (Å²) in [6, 6.07) is 14.6. The molecule has 1 fully saturated rings. The van der Waals surface area contributed by atoms with Crippen LogP contribution in [-0.4, -0.2) is 35.2 Å². The minimum Gasteiger partial charge on any atom is -0.497 e. The molecule has 0 aliphatic carbocycles. The van der Waals surface area contributed by atoms with Crippen LogP contribution >= 0.6 is 11.8 Å². The summed E-state index contributed by atoms with van der Waals surface area (Å²) in [6.07, 6.45) is 1.95. The lowest BCUT2D eigenvalue weighted by molar-refractivity contribution is -0.119. The van der Waals surface area contributed by atoms with Crippen LogP contribution in [0.15, 0.2) is 60.0 Å². The molecule has 0 aromatic heterocycles. The Kier molecular flexibility index (Phi) is 4.66. The summed E-state index contributed by atoms with van der Waals surface area (Å²) in [5.74, 6) is 0.617. The third-order valence-corrected chi connectivity index (χ3v) is 5.93. The molecule has 2 unspecified atom stereocenters. The number of imide groups is 1. The number of urea groups is 1. The van der Waals surface area contributed by atoms with E-state index in [1.54, 1.807) is 12.0 Å². The molecule has 1 saturated heterocycles. The molecule has 0 N–H and O–H groups in total. The Bertz CT molecular complexity index is 910. The van der Waals surface area contributed by atoms with Gasteiger partial charge in [-0.05, 0) is 47.7 Å². The zero-order valence-electron chi connectivity index (χ0n) is 15.2. The van der Waals surface area contributed by atoms with Crippen molar-refractivity contribution in [2.45, 2.75) is 24.8 Å². The van der Waals surface area contributed by atoms with Gasteiger partial charge in [0.25, 0.3) is 5.91 Å². The molecule has 0 spiro atoms. The van der Waals surface area contributed by atoms with E-state index in [9.17, 15) is 9.59 Å². The number of hydrogen-bond donors (Lipinski definition) is 0. The Labute approximate surface area is 162 Å². The highest BCUT2D eigenvalue weighted by molar-refractivity contribution is 8.03. The molecule has 3 amide bonds. The van der Waals surface area contributed by atoms with Crippen molar-refractivity contribution in [2.75, 3.05) is 12.0 Å². The maximum absolute atomic E-state index is 13.3. The van der Waals surface area contributed by atoms with Crippen molar-refractivity contribution in [1.82, 2.24) is 4.90 Å². The van der Waals surface area contributed by atoms with Crippen LogP contribution in [0.5, 0.6) is 5.75 Å². The van der Waals surface area contributed by atoms with Crippen molar-refractivity contribution < 1.29 is 14.3 Å². The molecule has 0 bridgehead atoms. The first kappa shape index (κ1) is 17.7. The van der Waals surface area contributed by atoms with Crippen molar-refractivity contribution in [3.05, 3.63) is 71.1 Å². The third kappa shape index (κ3) is 3.21. The van der Waals surface area contributed by atoms with E-state index in [1.165, 1.54) is 16.7 Å². The number of rotatable bonds is 4. The van der Waals surface area contributed by atoms with Crippen LogP contribution < -0.4 is 9.64 Å². The number of anilines is 1. The summed E-state index contributed by atoms with van der Waals surface area (Å²) in [7, 11) is 1.62. The maximum Gasteiger partial charge on any atom is 0.332 e. The van der Waals surface area contributed by atoms with Gasteiger partial charge in [-0.15, -0.1) is 11.8 Å². The number of methoxy groups -OCH3 is 1. The zero-order valence-corrected chi connectivity index (χ0v) is 16.0. The average Bonchev–Trinajstić information content (AvgIpc) is 3.16. The van der Waals surface area contributed by atoms with Gasteiger partial charge in [-0.3, -0.25) is 4.79 Å². The molecule has 2 aromatic carbocycles. The third-order valence-electron chi connectivity index (χ3n) is 4.84. The van der Waals surface area contributed by atoms with E-state index in [1.807, 2.05) is 66.9 Å². The summed E-state index contributed by atoms with van der Waals surface area (Å²) >= 11 is 1.47. The van der Waals surface area contributed by atoms with Crippen molar-refractivity contribution >= 4 is 29.4 Å². The second-order valence-corrected chi connectivity index (χ2v) is 7.70. The molecule has 6 heteroatoms. The number of aryl methyl sites for hydroxylation is 1. The fourth-order valence-electron chi connectivity index (χ4n) is 3.45. The van der Waals surface area contributed by atoms with Crippen LogP contribution in [-0.2, 0) is 11.3 Å². The van der Waals surface area contributed by atoms with Gasteiger partial charge >= 0.3 is 6.03 Å². The quantitative estimate of drug-likeness (QED) is 0.805. The number of thioether (sulfide) groups is 1. The number of carbonyl (C=O) groups excluding carboxylic acids is 2. The van der Waals surface area contributed by atoms with Gasteiger partial charge in [-0.25, -0.2) is 9.69 Å². The first-order chi connectivity index (χ1) is 13.1. The van der Waals surface area contributed by atoms with Crippen LogP contribution in [0.3, 0.4) is 0 Å². The summed E-state index contributed by atoms with van der Waals surface area (Å²) in [5.41, 5.74) is 2.62. The summed E-state index contributed by atoms with van der Waals surface area (Å²) < 4.78 is 5.20. The highest BCUT2D eigenvalue weighted by atomic mass is 32.2. The molecule has 0 radical (unpaired) electrons. The van der Waals surface area contributed by atoms with Crippen LogP contribution in [0, 0.1) is 6.92 Å². The molecule has 4 rings (SSSR count). The van der Waals surface area contributed by atoms with Gasteiger partial charge in [0.15, 0.2) is 0 Å². The predicted octanol–water partition coefficient (Wildman–Crippen LogP) is 3.97. The highest BCUT2D eigenvalue weighted by Crippen LogP contribution is 2.37. The number of benzene rings is 2. The molecule has 2 aliphatic heterocycles. The monoisotopic (exact) mass is 380 g/mol. The SMILES string of the molecule is COc1ccc(CN2C(=O)N(c3cccc(C)c3)C(=O)C3SC=CC32)cc1. The fourth-order valence-corrected chi connectivity index (χ4v) is 4.49. The van der Waals surface area contributed by atoms with Gasteiger partial charge in [-0.1, -0.05) is 30.3 Å². The second-order valence-electron chi connectivity index (χ2n) is 6.65. The minimum atomic E-state index is -0.304. The Morgan fingerprint density at radius 1 is 1.11 bits per heavy atom. The number of amides is 3. The molecule has 5 nitrogen and oxygen atoms in total. The molecule has 2 atom stereocenters. The molecule has 138 valence electrons. The zero-order chi connectivity index (χ0) is 19.0. The highest BCUT2D eigenvalue weighted by Gasteiger charge is 2.47. The predicted molar refractivity (Wildman–Crippen MR) is 107 cm³/mol. The van der Waals surface area contributed by atoms with Crippen LogP contribution in [0.1, 0.15) is 11.1 Å². The lowest BCUT2D eigenvalue weighted by Crippen LogP contribution is -2.61. The topological polar surface area (TPSA) is 49.9 Å². The molecule has 2 aromatic rings. The Hall–Kier alpha value is -2.73. The second kappa shape index (κ2) is 7.12. The number of hydrogen-bond acceptors (Lipinski definition) is 4. The van der Waals surface area contributed by atoms with Gasteiger partial charge in [-0.2, -0.15) is 0 Å². The van der Waals surface area contributed by atoms with E-state index in [-0.39, 0.29) is 23.2 Å². The molecule has 2 heterocycles. The molecule has 0 saturated carbocycles. The first-order valence-corrected chi connectivity index (χ1v) is 9.69. The maximum atomic E-state index is 13.3. The van der Waals surface area contributed by atoms with Gasteiger partial charge < -0.3 is 9.64 Å². The summed E-state index contributed by atoms with van der Waals surface area (Å²) in [5, 5.41) is 1.61. The number of carbonyl (C=O) groups is 2. The van der Waals surface area contributed by atoms with Gasteiger partial charge in [0.05, 0.1) is 18.8 Å². The molecular formula is C21H20N2O3S. The minimum absolute atomic E-state index is 0.156. The Morgan fingerprint density at radius 3 is 2.59 bits per heavy atom. The molecular weight excluding hydrogens is 360 g/mol. The first-order valence-electron chi connectivity index (χ1n) is 8.75. The Morgan fingerprint density at radius 2 is 1.89 bits per heavy atom. The Balaban J connectivity index is 1.67. The van der Waals surface area contributed by atoms with Gasteiger partial charge in [0.1, 0.15) is 11.0 Å². The fraction of sp³-hybridized carbons (Fsp3) is 0.238. The lowest BCUT2D eigenvalue weighted by Gasteiger charge is -2.41. The van der Waals surface area contributed by atoms with Crippen molar-refractivity contribution in [3.8, 4) is 5.75 Å². The van der Waals surface area contributed by atoms with E-state index in [0.29, 0.717) is 12.2 Å². The number of ether oxygens (including phenoxy) is 1. The van der Waals surface area contributed by atoms with Crippen LogP contribution in [0.2, 0.25) is 0 Å². The normalized spacial score (nSPS) is 21.6. The van der Waals surface area contributed by atoms with Crippen molar-refractivity contribution in [2.24, 2.45) is 0 Å². The van der Waals surface area contributed by atoms with Gasteiger partial charge in [0, 0.05) is 6.54 Å². The van der Waals surface area contributed by atoms with E-state index >= 15 is 0 Å². The number of fused-ring (bicyclic) bond motifs is 1. The smallest absolute Gasteiger partial charge is 0.332 e. The van der Waals surface area contributed by atoms with Crippen LogP contribution in [0.4, 0.5) is 10.5 Å².